The monoisotopic (exact) mass is 326 g/mol. The molecule has 2 aromatic carbocycles. The minimum atomic E-state index is -1.31. The van der Waals surface area contributed by atoms with Gasteiger partial charge in [-0.3, -0.25) is 0 Å². The molecular formula is C14H11N2NaO6. The third-order valence-corrected chi connectivity index (χ3v) is 2.70. The number of carboxylic acids is 2. The van der Waals surface area contributed by atoms with E-state index in [1.165, 1.54) is 12.1 Å². The maximum atomic E-state index is 10.9. The molecule has 114 valence electrons. The fraction of sp³-hybridized carbons (Fsp3) is 0. The molecule has 9 heteroatoms. The molecule has 0 radical (unpaired) electrons. The van der Waals surface area contributed by atoms with E-state index in [0.717, 1.165) is 24.3 Å². The number of aromatic hydroxyl groups is 2. The molecule has 0 atom stereocenters. The van der Waals surface area contributed by atoms with Crippen LogP contribution in [0.15, 0.2) is 46.6 Å². The number of carboxylic acid groups (broad SMARTS) is 2. The second-order valence-corrected chi connectivity index (χ2v) is 4.21. The van der Waals surface area contributed by atoms with Crippen LogP contribution in [0, 0.1) is 0 Å². The fourth-order valence-corrected chi connectivity index (χ4v) is 1.63. The van der Waals surface area contributed by atoms with Gasteiger partial charge < -0.3 is 20.4 Å². The number of phenols is 2. The van der Waals surface area contributed by atoms with Gasteiger partial charge in [0, 0.05) is 0 Å². The standard InChI is InChI=1S/C14H10N2O6.Na.H/c17-11-3-1-7(5-9(11)13(19)20)15-16-8-2-4-12(18)10(6-8)14(21)22;;/h1-6,17-18H,(H,19,20)(H,21,22);;. The Morgan fingerprint density at radius 3 is 1.39 bits per heavy atom. The Hall–Kier alpha value is -2.42. The molecule has 2 aromatic rings. The van der Waals surface area contributed by atoms with E-state index in [1.54, 1.807) is 0 Å². The molecule has 0 aromatic heterocycles. The summed E-state index contributed by atoms with van der Waals surface area (Å²) in [6.07, 6.45) is 0. The fourth-order valence-electron chi connectivity index (χ4n) is 1.63. The molecular weight excluding hydrogens is 315 g/mol. The number of azo groups is 1. The van der Waals surface area contributed by atoms with E-state index in [1.807, 2.05) is 0 Å². The van der Waals surface area contributed by atoms with Crippen molar-refractivity contribution < 1.29 is 30.0 Å². The molecule has 0 unspecified atom stereocenters. The molecule has 4 N–H and O–H groups in total. The predicted molar refractivity (Wildman–Crippen MR) is 81.5 cm³/mol. The third kappa shape index (κ3) is 4.52. The summed E-state index contributed by atoms with van der Waals surface area (Å²) in [5.41, 5.74) is -0.318. The van der Waals surface area contributed by atoms with Gasteiger partial charge in [-0.2, -0.15) is 10.2 Å². The average Bonchev–Trinajstić information content (AvgIpc) is 2.47. The zero-order valence-corrected chi connectivity index (χ0v) is 11.0. The van der Waals surface area contributed by atoms with Gasteiger partial charge in [0.1, 0.15) is 22.6 Å². The Morgan fingerprint density at radius 1 is 0.739 bits per heavy atom. The summed E-state index contributed by atoms with van der Waals surface area (Å²) >= 11 is 0. The van der Waals surface area contributed by atoms with Crippen LogP contribution in [0.4, 0.5) is 11.4 Å². The Labute approximate surface area is 152 Å². The molecule has 0 saturated carbocycles. The van der Waals surface area contributed by atoms with E-state index < -0.39 is 23.4 Å². The van der Waals surface area contributed by atoms with Crippen molar-refractivity contribution in [3.8, 4) is 11.5 Å². The molecule has 0 spiro atoms. The summed E-state index contributed by atoms with van der Waals surface area (Å²) in [4.78, 5) is 21.8. The first-order chi connectivity index (χ1) is 10.4. The molecule has 0 aliphatic rings. The van der Waals surface area contributed by atoms with E-state index in [2.05, 4.69) is 10.2 Å². The number of hydrogen-bond acceptors (Lipinski definition) is 6. The first kappa shape index (κ1) is 18.6. The van der Waals surface area contributed by atoms with Crippen molar-refractivity contribution in [2.45, 2.75) is 0 Å². The summed E-state index contributed by atoms with van der Waals surface area (Å²) in [7, 11) is 0. The summed E-state index contributed by atoms with van der Waals surface area (Å²) in [6.45, 7) is 0. The number of hydrogen-bond donors (Lipinski definition) is 4. The predicted octanol–water partition coefficient (Wildman–Crippen LogP) is 2.26. The van der Waals surface area contributed by atoms with Crippen molar-refractivity contribution in [2.75, 3.05) is 0 Å². The van der Waals surface area contributed by atoms with Gasteiger partial charge in [0.25, 0.3) is 0 Å². The van der Waals surface area contributed by atoms with Crippen LogP contribution >= 0.6 is 0 Å². The molecule has 2 rings (SSSR count). The second kappa shape index (κ2) is 7.73. The van der Waals surface area contributed by atoms with Crippen LogP contribution < -0.4 is 0 Å². The van der Waals surface area contributed by atoms with E-state index in [-0.39, 0.29) is 52.1 Å². The van der Waals surface area contributed by atoms with Crippen molar-refractivity contribution in [3.05, 3.63) is 47.5 Å². The van der Waals surface area contributed by atoms with Crippen molar-refractivity contribution in [1.82, 2.24) is 0 Å². The van der Waals surface area contributed by atoms with Gasteiger partial charge in [-0.1, -0.05) is 0 Å². The number of rotatable bonds is 4. The summed E-state index contributed by atoms with van der Waals surface area (Å²) in [5, 5.41) is 44.0. The van der Waals surface area contributed by atoms with Gasteiger partial charge in [0.2, 0.25) is 0 Å². The number of aromatic carboxylic acids is 2. The SMILES string of the molecule is O=C(O)c1cc(N=Nc2ccc(O)c(C(=O)O)c2)ccc1O.[NaH]. The van der Waals surface area contributed by atoms with Crippen molar-refractivity contribution in [1.29, 1.82) is 0 Å². The van der Waals surface area contributed by atoms with Crippen LogP contribution in [-0.4, -0.2) is 61.9 Å². The molecule has 8 nitrogen and oxygen atoms in total. The molecule has 0 saturated heterocycles. The van der Waals surface area contributed by atoms with Crippen LogP contribution in [0.2, 0.25) is 0 Å². The van der Waals surface area contributed by atoms with Gasteiger partial charge in [-0.05, 0) is 36.4 Å². The van der Waals surface area contributed by atoms with Crippen LogP contribution in [0.25, 0.3) is 0 Å². The normalized spacial score (nSPS) is 10.3. The summed E-state index contributed by atoms with van der Waals surface area (Å²) in [6, 6.07) is 7.28. The molecule has 0 heterocycles. The zero-order valence-electron chi connectivity index (χ0n) is 11.0. The first-order valence-corrected chi connectivity index (χ1v) is 5.93. The molecule has 23 heavy (non-hydrogen) atoms. The topological polar surface area (TPSA) is 140 Å². The van der Waals surface area contributed by atoms with Crippen LogP contribution in [-0.2, 0) is 0 Å². The summed E-state index contributed by atoms with van der Waals surface area (Å²) < 4.78 is 0. The molecule has 0 aliphatic heterocycles. The van der Waals surface area contributed by atoms with Crippen LogP contribution in [0.1, 0.15) is 20.7 Å². The Kier molecular flexibility index (Phi) is 6.26. The first-order valence-electron chi connectivity index (χ1n) is 5.93. The Balaban J connectivity index is 0.00000264. The molecule has 0 bridgehead atoms. The second-order valence-electron chi connectivity index (χ2n) is 4.21. The molecule has 0 amide bonds. The van der Waals surface area contributed by atoms with Gasteiger partial charge >= 0.3 is 41.5 Å². The van der Waals surface area contributed by atoms with Crippen molar-refractivity contribution in [3.63, 3.8) is 0 Å². The maximum absolute atomic E-state index is 10.9. The van der Waals surface area contributed by atoms with E-state index in [4.69, 9.17) is 10.2 Å². The number of benzene rings is 2. The Bertz CT molecular complexity index is 725. The van der Waals surface area contributed by atoms with Gasteiger partial charge in [0.15, 0.2) is 0 Å². The average molecular weight is 326 g/mol. The van der Waals surface area contributed by atoms with Crippen LogP contribution in [0.5, 0.6) is 11.5 Å². The van der Waals surface area contributed by atoms with Crippen LogP contribution in [0.3, 0.4) is 0 Å². The number of carbonyl (C=O) groups is 2. The van der Waals surface area contributed by atoms with E-state index in [0.29, 0.717) is 0 Å². The zero-order chi connectivity index (χ0) is 16.3. The Morgan fingerprint density at radius 2 is 1.09 bits per heavy atom. The van der Waals surface area contributed by atoms with Gasteiger partial charge in [0.05, 0.1) is 11.4 Å². The minimum absolute atomic E-state index is 0. The van der Waals surface area contributed by atoms with E-state index >= 15 is 0 Å². The van der Waals surface area contributed by atoms with Crippen molar-refractivity contribution in [2.24, 2.45) is 10.2 Å². The van der Waals surface area contributed by atoms with Gasteiger partial charge in [-0.15, -0.1) is 0 Å². The summed E-state index contributed by atoms with van der Waals surface area (Å²) in [5.74, 6) is -3.42. The van der Waals surface area contributed by atoms with Gasteiger partial charge in [-0.25, -0.2) is 9.59 Å². The quantitative estimate of drug-likeness (QED) is 0.502. The molecule has 0 aliphatic carbocycles. The van der Waals surface area contributed by atoms with Crippen molar-refractivity contribution >= 4 is 52.9 Å². The molecule has 0 fully saturated rings. The third-order valence-electron chi connectivity index (χ3n) is 2.70. The van der Waals surface area contributed by atoms with E-state index in [9.17, 15) is 19.8 Å². The number of nitrogens with zero attached hydrogens (tertiary/aromatic N) is 2.